The lowest BCUT2D eigenvalue weighted by Gasteiger charge is -2.27. The first-order chi connectivity index (χ1) is 14.7. The van der Waals surface area contributed by atoms with Gasteiger partial charge in [-0.25, -0.2) is 4.98 Å². The lowest BCUT2D eigenvalue weighted by Crippen LogP contribution is -2.37. The lowest BCUT2D eigenvalue weighted by atomic mass is 10.0. The fraction of sp³-hybridized carbons (Fsp3) is 0.333. The number of fused-ring (bicyclic) bond motifs is 1. The van der Waals surface area contributed by atoms with Gasteiger partial charge in [-0.2, -0.15) is 13.2 Å². The number of aromatic nitrogens is 2. The molecule has 2 N–H and O–H groups in total. The molecule has 0 bridgehead atoms. The number of carboxylic acid groups (broad SMARTS) is 1. The summed E-state index contributed by atoms with van der Waals surface area (Å²) in [4.78, 5) is 23.1. The number of aromatic amines is 1. The fourth-order valence-corrected chi connectivity index (χ4v) is 4.35. The number of alkyl halides is 3. The van der Waals surface area contributed by atoms with Gasteiger partial charge < -0.3 is 15.0 Å². The Bertz CT molecular complexity index is 1080. The fourth-order valence-electron chi connectivity index (χ4n) is 3.99. The highest BCUT2D eigenvalue weighted by Gasteiger charge is 2.33. The van der Waals surface area contributed by atoms with E-state index in [0.29, 0.717) is 44.0 Å². The Balaban J connectivity index is 1.55. The summed E-state index contributed by atoms with van der Waals surface area (Å²) < 4.78 is 39.2. The Hall–Kier alpha value is -2.59. The smallest absolute Gasteiger partial charge is 0.417 e. The highest BCUT2D eigenvalue weighted by molar-refractivity contribution is 9.10. The van der Waals surface area contributed by atoms with E-state index in [4.69, 9.17) is 0 Å². The van der Waals surface area contributed by atoms with Crippen LogP contribution in [0.2, 0.25) is 0 Å². The maximum absolute atomic E-state index is 12.8. The molecule has 3 heterocycles. The summed E-state index contributed by atoms with van der Waals surface area (Å²) >= 11 is 3.44. The van der Waals surface area contributed by atoms with Crippen LogP contribution in [0.25, 0.3) is 10.9 Å². The molecule has 1 aromatic carbocycles. The van der Waals surface area contributed by atoms with Gasteiger partial charge in [-0.3, -0.25) is 9.69 Å². The number of aliphatic carboxylic acids is 1. The van der Waals surface area contributed by atoms with Crippen molar-refractivity contribution in [3.05, 3.63) is 58.3 Å². The van der Waals surface area contributed by atoms with Crippen LogP contribution >= 0.6 is 15.9 Å². The molecule has 1 unspecified atom stereocenters. The van der Waals surface area contributed by atoms with Gasteiger partial charge in [0.25, 0.3) is 0 Å². The summed E-state index contributed by atoms with van der Waals surface area (Å²) in [7, 11) is 0. The monoisotopic (exact) mass is 496 g/mol. The van der Waals surface area contributed by atoms with Gasteiger partial charge >= 0.3 is 12.1 Å². The molecular weight excluding hydrogens is 477 g/mol. The van der Waals surface area contributed by atoms with E-state index in [-0.39, 0.29) is 0 Å². The SMILES string of the molecule is O=C(O)C(c1c[nH]c2ccc(Br)cc12)N1CCCN(c2ccc(C(F)(F)F)cn2)CC1. The third-order valence-electron chi connectivity index (χ3n) is 5.50. The molecule has 4 rings (SSSR count). The average molecular weight is 497 g/mol. The second-order valence-corrected chi connectivity index (χ2v) is 8.37. The third-order valence-corrected chi connectivity index (χ3v) is 5.99. The minimum absolute atomic E-state index is 0.445. The van der Waals surface area contributed by atoms with Gasteiger partial charge in [0.05, 0.1) is 5.56 Å². The number of hydrogen-bond acceptors (Lipinski definition) is 4. The van der Waals surface area contributed by atoms with Crippen molar-refractivity contribution in [1.29, 1.82) is 0 Å². The molecule has 1 saturated heterocycles. The Labute approximate surface area is 184 Å². The Morgan fingerprint density at radius 1 is 1.16 bits per heavy atom. The van der Waals surface area contributed by atoms with E-state index in [0.717, 1.165) is 27.6 Å². The van der Waals surface area contributed by atoms with E-state index in [1.54, 1.807) is 6.20 Å². The van der Waals surface area contributed by atoms with Crippen molar-refractivity contribution in [2.75, 3.05) is 31.1 Å². The van der Waals surface area contributed by atoms with Gasteiger partial charge in [0, 0.05) is 59.5 Å². The van der Waals surface area contributed by atoms with Gasteiger partial charge in [-0.1, -0.05) is 15.9 Å². The molecule has 0 aliphatic carbocycles. The summed E-state index contributed by atoms with van der Waals surface area (Å²) in [6.45, 7) is 2.05. The molecule has 10 heteroatoms. The Morgan fingerprint density at radius 2 is 1.97 bits per heavy atom. The van der Waals surface area contributed by atoms with Gasteiger partial charge in [0.1, 0.15) is 11.9 Å². The molecule has 1 fully saturated rings. The second kappa shape index (κ2) is 8.51. The first-order valence-electron chi connectivity index (χ1n) is 9.75. The summed E-state index contributed by atoms with van der Waals surface area (Å²) in [6, 6.07) is 7.23. The van der Waals surface area contributed by atoms with Crippen molar-refractivity contribution in [1.82, 2.24) is 14.9 Å². The molecule has 164 valence electrons. The minimum atomic E-state index is -4.43. The number of hydrogen-bond donors (Lipinski definition) is 2. The van der Waals surface area contributed by atoms with Crippen LogP contribution in [0.3, 0.4) is 0 Å². The van der Waals surface area contributed by atoms with Crippen LogP contribution in [0.4, 0.5) is 19.0 Å². The quantitative estimate of drug-likeness (QED) is 0.548. The van der Waals surface area contributed by atoms with Gasteiger partial charge in [-0.05, 0) is 36.8 Å². The molecular formula is C21H20BrF3N4O2. The van der Waals surface area contributed by atoms with Crippen LogP contribution in [0.15, 0.2) is 47.2 Å². The number of halogens is 4. The standard InChI is InChI=1S/C21H20BrF3N4O2/c22-14-3-4-17-15(10-14)16(12-26-17)19(20(30)31)29-7-1-6-28(8-9-29)18-5-2-13(11-27-18)21(23,24)25/h2-5,10-12,19,26H,1,6-9H2,(H,30,31). The topological polar surface area (TPSA) is 72.5 Å². The number of carbonyl (C=O) groups is 1. The predicted octanol–water partition coefficient (Wildman–Crippen LogP) is 4.68. The number of carboxylic acids is 1. The van der Waals surface area contributed by atoms with Crippen LogP contribution in [-0.4, -0.2) is 52.1 Å². The number of nitrogens with one attached hydrogen (secondary N) is 1. The summed E-state index contributed by atoms with van der Waals surface area (Å²) in [5.74, 6) is -0.486. The van der Waals surface area contributed by atoms with Crippen LogP contribution in [-0.2, 0) is 11.0 Å². The van der Waals surface area contributed by atoms with Crippen LogP contribution in [0, 0.1) is 0 Å². The highest BCUT2D eigenvalue weighted by atomic mass is 79.9. The van der Waals surface area contributed by atoms with E-state index in [1.807, 2.05) is 28.0 Å². The number of pyridine rings is 1. The normalized spacial score (nSPS) is 17.0. The van der Waals surface area contributed by atoms with Crippen molar-refractivity contribution < 1.29 is 23.1 Å². The van der Waals surface area contributed by atoms with Crippen molar-refractivity contribution in [3.8, 4) is 0 Å². The molecule has 0 radical (unpaired) electrons. The van der Waals surface area contributed by atoms with Crippen molar-refractivity contribution in [3.63, 3.8) is 0 Å². The average Bonchev–Trinajstić information content (AvgIpc) is 2.96. The van der Waals surface area contributed by atoms with Gasteiger partial charge in [0.15, 0.2) is 0 Å². The summed E-state index contributed by atoms with van der Waals surface area (Å²) in [6.07, 6.45) is -1.19. The Kier molecular flexibility index (Phi) is 5.94. The van der Waals surface area contributed by atoms with E-state index in [2.05, 4.69) is 25.9 Å². The maximum Gasteiger partial charge on any atom is 0.417 e. The zero-order valence-corrected chi connectivity index (χ0v) is 17.9. The van der Waals surface area contributed by atoms with E-state index >= 15 is 0 Å². The molecule has 0 spiro atoms. The molecule has 1 aliphatic heterocycles. The van der Waals surface area contributed by atoms with Crippen molar-refractivity contribution in [2.45, 2.75) is 18.6 Å². The molecule has 2 aromatic heterocycles. The first kappa shape index (κ1) is 21.6. The predicted molar refractivity (Wildman–Crippen MR) is 114 cm³/mol. The largest absolute Gasteiger partial charge is 0.480 e. The van der Waals surface area contributed by atoms with E-state index < -0.39 is 23.8 Å². The van der Waals surface area contributed by atoms with Gasteiger partial charge in [0.2, 0.25) is 0 Å². The van der Waals surface area contributed by atoms with Crippen LogP contribution < -0.4 is 4.90 Å². The number of nitrogens with zero attached hydrogens (tertiary/aromatic N) is 3. The molecule has 6 nitrogen and oxygen atoms in total. The molecule has 1 aliphatic rings. The van der Waals surface area contributed by atoms with E-state index in [1.165, 1.54) is 6.07 Å². The number of benzene rings is 1. The number of anilines is 1. The zero-order chi connectivity index (χ0) is 22.2. The molecule has 0 saturated carbocycles. The summed E-state index contributed by atoms with van der Waals surface area (Å²) in [5, 5.41) is 10.8. The Morgan fingerprint density at radius 3 is 2.65 bits per heavy atom. The lowest BCUT2D eigenvalue weighted by molar-refractivity contribution is -0.143. The highest BCUT2D eigenvalue weighted by Crippen LogP contribution is 2.32. The maximum atomic E-state index is 12.8. The summed E-state index contributed by atoms with van der Waals surface area (Å²) in [5.41, 5.74) is 0.754. The molecule has 31 heavy (non-hydrogen) atoms. The molecule has 0 amide bonds. The van der Waals surface area contributed by atoms with Crippen LogP contribution in [0.5, 0.6) is 0 Å². The van der Waals surface area contributed by atoms with Crippen molar-refractivity contribution >= 4 is 38.6 Å². The molecule has 3 aromatic rings. The number of H-pyrrole nitrogens is 1. The first-order valence-corrected chi connectivity index (χ1v) is 10.5. The zero-order valence-electron chi connectivity index (χ0n) is 16.4. The minimum Gasteiger partial charge on any atom is -0.480 e. The molecule has 1 atom stereocenters. The van der Waals surface area contributed by atoms with Crippen LogP contribution in [0.1, 0.15) is 23.6 Å². The van der Waals surface area contributed by atoms with E-state index in [9.17, 15) is 23.1 Å². The second-order valence-electron chi connectivity index (χ2n) is 7.45. The third kappa shape index (κ3) is 4.54. The van der Waals surface area contributed by atoms with Gasteiger partial charge in [-0.15, -0.1) is 0 Å². The number of rotatable bonds is 4. The van der Waals surface area contributed by atoms with Crippen molar-refractivity contribution in [2.24, 2.45) is 0 Å².